The standard InChI is InChI=1S/C20H23FN2.C2H6/c1-13-12-14(7-8-17(13)21)15-4-2-5-19-20(15)16-9-11-22-10-3-6-18(16)23-19;1-2/h2,4-5,7-8,12,16,18,22-23H,3,6,9-11H2,1H3;1-2H3. The third kappa shape index (κ3) is 3.57. The highest BCUT2D eigenvalue weighted by atomic mass is 19.1. The third-order valence-corrected chi connectivity index (χ3v) is 5.27. The van der Waals surface area contributed by atoms with Gasteiger partial charge in [0, 0.05) is 17.6 Å². The Hall–Kier alpha value is -1.87. The number of fused-ring (bicyclic) bond motifs is 3. The Kier molecular flexibility index (Phi) is 5.74. The number of nitrogens with one attached hydrogen (secondary N) is 2. The van der Waals surface area contributed by atoms with Gasteiger partial charge >= 0.3 is 0 Å². The van der Waals surface area contributed by atoms with Gasteiger partial charge in [0.25, 0.3) is 0 Å². The summed E-state index contributed by atoms with van der Waals surface area (Å²) in [4.78, 5) is 0. The second-order valence-corrected chi connectivity index (χ2v) is 6.77. The van der Waals surface area contributed by atoms with E-state index in [2.05, 4.69) is 28.8 Å². The summed E-state index contributed by atoms with van der Waals surface area (Å²) in [6.45, 7) is 8.02. The zero-order valence-corrected chi connectivity index (χ0v) is 15.5. The average Bonchev–Trinajstić information content (AvgIpc) is 2.96. The fraction of sp³-hybridized carbons (Fsp3) is 0.455. The minimum Gasteiger partial charge on any atom is -0.381 e. The number of benzene rings is 2. The fourth-order valence-corrected chi connectivity index (χ4v) is 4.10. The van der Waals surface area contributed by atoms with Crippen LogP contribution in [0.5, 0.6) is 0 Å². The number of halogens is 1. The number of hydrogen-bond donors (Lipinski definition) is 2. The van der Waals surface area contributed by atoms with Crippen LogP contribution in [-0.4, -0.2) is 19.1 Å². The molecule has 0 spiro atoms. The molecule has 2 aromatic rings. The van der Waals surface area contributed by atoms with Gasteiger partial charge in [-0.05, 0) is 79.7 Å². The highest BCUT2D eigenvalue weighted by molar-refractivity contribution is 5.78. The summed E-state index contributed by atoms with van der Waals surface area (Å²) in [6, 6.07) is 12.5. The Bertz CT molecular complexity index is 726. The Morgan fingerprint density at radius 1 is 1.04 bits per heavy atom. The SMILES string of the molecule is CC.Cc1cc(-c2cccc3c2C2CCNCCCC2N3)ccc1F. The number of hydrogen-bond acceptors (Lipinski definition) is 2. The molecule has 3 heteroatoms. The maximum absolute atomic E-state index is 13.6. The molecule has 2 N–H and O–H groups in total. The molecule has 0 saturated carbocycles. The van der Waals surface area contributed by atoms with E-state index in [1.165, 1.54) is 29.7 Å². The zero-order valence-electron chi connectivity index (χ0n) is 15.5. The Labute approximate surface area is 150 Å². The van der Waals surface area contributed by atoms with Gasteiger partial charge in [-0.3, -0.25) is 0 Å². The van der Waals surface area contributed by atoms with E-state index in [1.54, 1.807) is 6.07 Å². The van der Waals surface area contributed by atoms with Crippen LogP contribution in [0, 0.1) is 12.7 Å². The Balaban J connectivity index is 0.000000880. The van der Waals surface area contributed by atoms with Gasteiger partial charge in [-0.25, -0.2) is 4.39 Å². The number of anilines is 1. The summed E-state index contributed by atoms with van der Waals surface area (Å²) in [6.07, 6.45) is 3.57. The molecule has 0 radical (unpaired) electrons. The average molecular weight is 340 g/mol. The van der Waals surface area contributed by atoms with Crippen molar-refractivity contribution in [1.29, 1.82) is 0 Å². The second kappa shape index (κ2) is 8.01. The molecule has 134 valence electrons. The van der Waals surface area contributed by atoms with Gasteiger partial charge in [0.1, 0.15) is 5.82 Å². The summed E-state index contributed by atoms with van der Waals surface area (Å²) in [5.74, 6) is 0.409. The first-order chi connectivity index (χ1) is 12.2. The van der Waals surface area contributed by atoms with Gasteiger partial charge in [0.2, 0.25) is 0 Å². The van der Waals surface area contributed by atoms with E-state index in [0.717, 1.165) is 25.1 Å². The van der Waals surface area contributed by atoms with Crippen molar-refractivity contribution in [3.8, 4) is 11.1 Å². The number of rotatable bonds is 1. The van der Waals surface area contributed by atoms with Crippen LogP contribution < -0.4 is 10.6 Å². The van der Waals surface area contributed by atoms with Crippen molar-refractivity contribution >= 4 is 5.69 Å². The summed E-state index contributed by atoms with van der Waals surface area (Å²) < 4.78 is 13.6. The molecule has 2 unspecified atom stereocenters. The summed E-state index contributed by atoms with van der Waals surface area (Å²) in [5.41, 5.74) is 5.78. The molecule has 2 aromatic carbocycles. The monoisotopic (exact) mass is 340 g/mol. The van der Waals surface area contributed by atoms with Gasteiger partial charge in [0.05, 0.1) is 0 Å². The van der Waals surface area contributed by atoms with Crippen LogP contribution in [0.25, 0.3) is 11.1 Å². The molecule has 1 fully saturated rings. The molecule has 2 heterocycles. The van der Waals surface area contributed by atoms with Crippen molar-refractivity contribution in [2.24, 2.45) is 0 Å². The quantitative estimate of drug-likeness (QED) is 0.718. The Morgan fingerprint density at radius 2 is 1.88 bits per heavy atom. The molecule has 0 aliphatic carbocycles. The lowest BCUT2D eigenvalue weighted by molar-refractivity contribution is 0.449. The molecule has 4 rings (SSSR count). The minimum atomic E-state index is -0.132. The summed E-state index contributed by atoms with van der Waals surface area (Å²) >= 11 is 0. The van der Waals surface area contributed by atoms with Gasteiger partial charge < -0.3 is 10.6 Å². The predicted octanol–water partition coefficient (Wildman–Crippen LogP) is 5.48. The van der Waals surface area contributed by atoms with Crippen LogP contribution in [0.4, 0.5) is 10.1 Å². The third-order valence-electron chi connectivity index (χ3n) is 5.27. The molecule has 2 aliphatic heterocycles. The van der Waals surface area contributed by atoms with Crippen molar-refractivity contribution in [3.05, 3.63) is 53.3 Å². The van der Waals surface area contributed by atoms with Crippen LogP contribution in [0.1, 0.15) is 50.2 Å². The molecule has 0 aromatic heterocycles. The smallest absolute Gasteiger partial charge is 0.126 e. The first kappa shape index (κ1) is 17.9. The molecule has 0 amide bonds. The second-order valence-electron chi connectivity index (χ2n) is 6.77. The topological polar surface area (TPSA) is 24.1 Å². The van der Waals surface area contributed by atoms with Gasteiger partial charge in [-0.2, -0.15) is 0 Å². The van der Waals surface area contributed by atoms with Crippen molar-refractivity contribution < 1.29 is 4.39 Å². The van der Waals surface area contributed by atoms with E-state index in [-0.39, 0.29) is 5.82 Å². The molecular formula is C22H29FN2. The molecule has 2 nitrogen and oxygen atoms in total. The Morgan fingerprint density at radius 3 is 2.68 bits per heavy atom. The van der Waals surface area contributed by atoms with E-state index in [0.29, 0.717) is 17.5 Å². The van der Waals surface area contributed by atoms with Crippen LogP contribution in [-0.2, 0) is 0 Å². The first-order valence-corrected chi connectivity index (χ1v) is 9.61. The molecule has 1 saturated heterocycles. The van der Waals surface area contributed by atoms with E-state index < -0.39 is 0 Å². The van der Waals surface area contributed by atoms with Crippen LogP contribution in [0.2, 0.25) is 0 Å². The predicted molar refractivity (Wildman–Crippen MR) is 105 cm³/mol. The van der Waals surface area contributed by atoms with Crippen LogP contribution >= 0.6 is 0 Å². The van der Waals surface area contributed by atoms with Crippen molar-refractivity contribution in [3.63, 3.8) is 0 Å². The van der Waals surface area contributed by atoms with Crippen molar-refractivity contribution in [2.75, 3.05) is 18.4 Å². The molecule has 0 bridgehead atoms. The zero-order chi connectivity index (χ0) is 17.8. The normalized spacial score (nSPS) is 21.8. The lowest BCUT2D eigenvalue weighted by atomic mass is 9.84. The molecule has 2 aliphatic rings. The van der Waals surface area contributed by atoms with Gasteiger partial charge in [0.15, 0.2) is 0 Å². The molecular weight excluding hydrogens is 311 g/mol. The van der Waals surface area contributed by atoms with E-state index >= 15 is 0 Å². The largest absolute Gasteiger partial charge is 0.381 e. The molecule has 2 atom stereocenters. The van der Waals surface area contributed by atoms with Gasteiger partial charge in [-0.1, -0.05) is 32.0 Å². The fourth-order valence-electron chi connectivity index (χ4n) is 4.10. The summed E-state index contributed by atoms with van der Waals surface area (Å²) in [7, 11) is 0. The maximum atomic E-state index is 13.6. The summed E-state index contributed by atoms with van der Waals surface area (Å²) in [5, 5.41) is 7.27. The lowest BCUT2D eigenvalue weighted by Crippen LogP contribution is -2.29. The van der Waals surface area contributed by atoms with E-state index in [9.17, 15) is 4.39 Å². The maximum Gasteiger partial charge on any atom is 0.126 e. The van der Waals surface area contributed by atoms with Crippen LogP contribution in [0.15, 0.2) is 36.4 Å². The minimum absolute atomic E-state index is 0.132. The number of aryl methyl sites for hydroxylation is 1. The lowest BCUT2D eigenvalue weighted by Gasteiger charge is -2.24. The van der Waals surface area contributed by atoms with Crippen molar-refractivity contribution in [2.45, 2.75) is 52.0 Å². The van der Waals surface area contributed by atoms with E-state index in [4.69, 9.17) is 0 Å². The van der Waals surface area contributed by atoms with E-state index in [1.807, 2.05) is 32.9 Å². The van der Waals surface area contributed by atoms with Crippen molar-refractivity contribution in [1.82, 2.24) is 5.32 Å². The highest BCUT2D eigenvalue weighted by Crippen LogP contribution is 2.45. The highest BCUT2D eigenvalue weighted by Gasteiger charge is 2.34. The first-order valence-electron chi connectivity index (χ1n) is 9.61. The van der Waals surface area contributed by atoms with Gasteiger partial charge in [-0.15, -0.1) is 0 Å². The molecule has 25 heavy (non-hydrogen) atoms. The van der Waals surface area contributed by atoms with Crippen LogP contribution in [0.3, 0.4) is 0 Å².